The molecule has 1 rings (SSSR count). The van der Waals surface area contributed by atoms with E-state index in [0.29, 0.717) is 19.1 Å². The fraction of sp³-hybridized carbons (Fsp3) is 0.667. The third-order valence-corrected chi connectivity index (χ3v) is 2.30. The van der Waals surface area contributed by atoms with E-state index in [4.69, 9.17) is 14.2 Å². The molecule has 0 aliphatic carbocycles. The lowest BCUT2D eigenvalue weighted by Crippen LogP contribution is -2.07. The third kappa shape index (κ3) is 6.36. The monoisotopic (exact) mass is 255 g/mol. The van der Waals surface area contributed by atoms with Crippen LogP contribution in [-0.4, -0.2) is 50.6 Å². The average Bonchev–Trinajstić information content (AvgIpc) is 2.42. The SMILES string of the molecule is COCCOCCCCNc1cc(OC)ncn1. The van der Waals surface area contributed by atoms with E-state index in [1.54, 1.807) is 20.3 Å². The molecule has 6 nitrogen and oxygen atoms in total. The minimum Gasteiger partial charge on any atom is -0.481 e. The van der Waals surface area contributed by atoms with Crippen LogP contribution in [0, 0.1) is 0 Å². The highest BCUT2D eigenvalue weighted by molar-refractivity contribution is 5.36. The van der Waals surface area contributed by atoms with Gasteiger partial charge in [0.25, 0.3) is 0 Å². The molecule has 0 unspecified atom stereocenters. The number of hydrogen-bond acceptors (Lipinski definition) is 6. The molecule has 18 heavy (non-hydrogen) atoms. The highest BCUT2D eigenvalue weighted by Gasteiger charge is 1.97. The summed E-state index contributed by atoms with van der Waals surface area (Å²) in [6, 6.07) is 1.77. The Hall–Kier alpha value is -1.40. The van der Waals surface area contributed by atoms with Crippen molar-refractivity contribution in [1.29, 1.82) is 0 Å². The van der Waals surface area contributed by atoms with E-state index >= 15 is 0 Å². The Kier molecular flexibility index (Phi) is 7.83. The fourth-order valence-electron chi connectivity index (χ4n) is 1.34. The number of unbranched alkanes of at least 4 members (excludes halogenated alkanes) is 1. The molecule has 1 N–H and O–H groups in total. The summed E-state index contributed by atoms with van der Waals surface area (Å²) >= 11 is 0. The first-order valence-corrected chi connectivity index (χ1v) is 6.03. The topological polar surface area (TPSA) is 65.5 Å². The number of hydrogen-bond donors (Lipinski definition) is 1. The summed E-state index contributed by atoms with van der Waals surface area (Å²) in [5.41, 5.74) is 0. The Morgan fingerprint density at radius 3 is 2.78 bits per heavy atom. The van der Waals surface area contributed by atoms with Gasteiger partial charge in [-0.05, 0) is 12.8 Å². The van der Waals surface area contributed by atoms with E-state index in [1.165, 1.54) is 6.33 Å². The van der Waals surface area contributed by atoms with Gasteiger partial charge in [-0.15, -0.1) is 0 Å². The summed E-state index contributed by atoms with van der Waals surface area (Å²) in [5.74, 6) is 1.34. The Labute approximate surface area is 108 Å². The Bertz CT molecular complexity index is 323. The van der Waals surface area contributed by atoms with Crippen LogP contribution >= 0.6 is 0 Å². The summed E-state index contributed by atoms with van der Waals surface area (Å²) < 4.78 is 15.3. The van der Waals surface area contributed by atoms with Crippen LogP contribution in [0.5, 0.6) is 5.88 Å². The van der Waals surface area contributed by atoms with Gasteiger partial charge in [-0.2, -0.15) is 0 Å². The minimum atomic E-state index is 0.565. The molecule has 0 bridgehead atoms. The number of aromatic nitrogens is 2. The first-order chi connectivity index (χ1) is 8.86. The average molecular weight is 255 g/mol. The van der Waals surface area contributed by atoms with Gasteiger partial charge in [0.15, 0.2) is 0 Å². The molecule has 0 aliphatic rings. The zero-order chi connectivity index (χ0) is 13.1. The molecule has 1 aromatic heterocycles. The van der Waals surface area contributed by atoms with Gasteiger partial charge >= 0.3 is 0 Å². The van der Waals surface area contributed by atoms with E-state index in [0.717, 1.165) is 31.8 Å². The Morgan fingerprint density at radius 2 is 2.00 bits per heavy atom. The number of methoxy groups -OCH3 is 2. The zero-order valence-electron chi connectivity index (χ0n) is 11.0. The van der Waals surface area contributed by atoms with E-state index in [2.05, 4.69) is 15.3 Å². The van der Waals surface area contributed by atoms with Gasteiger partial charge in [0.1, 0.15) is 12.1 Å². The van der Waals surface area contributed by atoms with Crippen LogP contribution < -0.4 is 10.1 Å². The van der Waals surface area contributed by atoms with Crippen molar-refractivity contribution in [2.45, 2.75) is 12.8 Å². The van der Waals surface area contributed by atoms with E-state index in [-0.39, 0.29) is 0 Å². The van der Waals surface area contributed by atoms with Crippen molar-refractivity contribution in [2.75, 3.05) is 45.9 Å². The second kappa shape index (κ2) is 9.61. The van der Waals surface area contributed by atoms with Crippen LogP contribution in [0.25, 0.3) is 0 Å². The summed E-state index contributed by atoms with van der Waals surface area (Å²) in [4.78, 5) is 8.03. The van der Waals surface area contributed by atoms with Gasteiger partial charge in [0.05, 0.1) is 20.3 Å². The second-order valence-electron chi connectivity index (χ2n) is 3.68. The Balaban J connectivity index is 2.03. The van der Waals surface area contributed by atoms with Gasteiger partial charge in [-0.3, -0.25) is 0 Å². The van der Waals surface area contributed by atoms with Gasteiger partial charge in [0.2, 0.25) is 5.88 Å². The molecular formula is C12H21N3O3. The first-order valence-electron chi connectivity index (χ1n) is 6.03. The van der Waals surface area contributed by atoms with Crippen LogP contribution in [0.15, 0.2) is 12.4 Å². The maximum absolute atomic E-state index is 5.36. The molecule has 0 radical (unpaired) electrons. The van der Waals surface area contributed by atoms with Crippen molar-refractivity contribution >= 4 is 5.82 Å². The quantitative estimate of drug-likeness (QED) is 0.636. The van der Waals surface area contributed by atoms with Crippen LogP contribution in [0.2, 0.25) is 0 Å². The molecule has 0 aromatic carbocycles. The highest BCUT2D eigenvalue weighted by atomic mass is 16.5. The lowest BCUT2D eigenvalue weighted by molar-refractivity contribution is 0.0691. The molecule has 1 heterocycles. The lowest BCUT2D eigenvalue weighted by atomic mass is 10.3. The fourth-order valence-corrected chi connectivity index (χ4v) is 1.34. The second-order valence-corrected chi connectivity index (χ2v) is 3.68. The molecule has 0 aliphatic heterocycles. The molecule has 0 spiro atoms. The molecular weight excluding hydrogens is 234 g/mol. The summed E-state index contributed by atoms with van der Waals surface area (Å²) in [5, 5.41) is 3.21. The molecule has 1 aromatic rings. The number of nitrogens with one attached hydrogen (secondary N) is 1. The molecule has 6 heteroatoms. The first kappa shape index (κ1) is 14.7. The molecule has 0 saturated heterocycles. The van der Waals surface area contributed by atoms with Crippen molar-refractivity contribution in [3.8, 4) is 5.88 Å². The number of rotatable bonds is 10. The van der Waals surface area contributed by atoms with Crippen LogP contribution in [0.1, 0.15) is 12.8 Å². The summed E-state index contributed by atoms with van der Waals surface area (Å²) in [6.07, 6.45) is 3.52. The van der Waals surface area contributed by atoms with Crippen molar-refractivity contribution in [2.24, 2.45) is 0 Å². The van der Waals surface area contributed by atoms with Crippen LogP contribution in [-0.2, 0) is 9.47 Å². The van der Waals surface area contributed by atoms with E-state index in [9.17, 15) is 0 Å². The lowest BCUT2D eigenvalue weighted by Gasteiger charge is -2.06. The molecule has 0 fully saturated rings. The van der Waals surface area contributed by atoms with Gasteiger partial charge in [0, 0.05) is 26.3 Å². The third-order valence-electron chi connectivity index (χ3n) is 2.30. The largest absolute Gasteiger partial charge is 0.481 e. The standard InChI is InChI=1S/C12H21N3O3/c1-16-7-8-18-6-4-3-5-13-11-9-12(17-2)15-10-14-11/h9-10H,3-8H2,1-2H3,(H,13,14,15). The molecule has 0 saturated carbocycles. The summed E-state index contributed by atoms with van der Waals surface area (Å²) in [7, 11) is 3.26. The van der Waals surface area contributed by atoms with E-state index < -0.39 is 0 Å². The van der Waals surface area contributed by atoms with Gasteiger partial charge in [-0.1, -0.05) is 0 Å². The maximum Gasteiger partial charge on any atom is 0.218 e. The Morgan fingerprint density at radius 1 is 1.11 bits per heavy atom. The maximum atomic E-state index is 5.36. The van der Waals surface area contributed by atoms with Crippen LogP contribution in [0.4, 0.5) is 5.82 Å². The molecule has 102 valence electrons. The molecule has 0 atom stereocenters. The van der Waals surface area contributed by atoms with E-state index in [1.807, 2.05) is 0 Å². The van der Waals surface area contributed by atoms with Gasteiger partial charge < -0.3 is 19.5 Å². The normalized spacial score (nSPS) is 10.3. The van der Waals surface area contributed by atoms with Crippen molar-refractivity contribution in [1.82, 2.24) is 9.97 Å². The number of nitrogens with zero attached hydrogens (tertiary/aromatic N) is 2. The van der Waals surface area contributed by atoms with Crippen LogP contribution in [0.3, 0.4) is 0 Å². The number of ether oxygens (including phenoxy) is 3. The van der Waals surface area contributed by atoms with Crippen molar-refractivity contribution in [3.63, 3.8) is 0 Å². The zero-order valence-corrected chi connectivity index (χ0v) is 11.0. The van der Waals surface area contributed by atoms with Crippen molar-refractivity contribution < 1.29 is 14.2 Å². The van der Waals surface area contributed by atoms with Crippen molar-refractivity contribution in [3.05, 3.63) is 12.4 Å². The predicted molar refractivity (Wildman–Crippen MR) is 69.0 cm³/mol. The smallest absolute Gasteiger partial charge is 0.218 e. The predicted octanol–water partition coefficient (Wildman–Crippen LogP) is 1.34. The number of anilines is 1. The van der Waals surface area contributed by atoms with Gasteiger partial charge in [-0.25, -0.2) is 9.97 Å². The summed E-state index contributed by atoms with van der Waals surface area (Å²) in [6.45, 7) is 2.93. The highest BCUT2D eigenvalue weighted by Crippen LogP contribution is 2.09. The minimum absolute atomic E-state index is 0.565. The molecule has 0 amide bonds.